The maximum atomic E-state index is 13.4. The van der Waals surface area contributed by atoms with Crippen LogP contribution in [0, 0.1) is 0 Å². The molecule has 0 spiro atoms. The first-order chi connectivity index (χ1) is 29.7. The summed E-state index contributed by atoms with van der Waals surface area (Å²) in [4.78, 5) is 83.0. The summed E-state index contributed by atoms with van der Waals surface area (Å²) in [6.45, 7) is 12.8. The number of nitrogens with zero attached hydrogens (tertiary/aromatic N) is 8. The minimum absolute atomic E-state index is 0.0672. The Morgan fingerprint density at radius 3 is 2.44 bits per heavy atom. The monoisotopic (exact) mass is 828 g/mol. The Morgan fingerprint density at radius 2 is 1.69 bits per heavy atom. The van der Waals surface area contributed by atoms with Gasteiger partial charge in [-0.05, 0) is 79.8 Å². The first-order valence-electron chi connectivity index (χ1n) is 20.8. The van der Waals surface area contributed by atoms with Crippen molar-refractivity contribution in [2.24, 2.45) is 0 Å². The van der Waals surface area contributed by atoms with Gasteiger partial charge in [0.05, 0.1) is 36.1 Å². The third-order valence-corrected chi connectivity index (χ3v) is 11.4. The number of fused-ring (bicyclic) bond motifs is 3. The van der Waals surface area contributed by atoms with E-state index < -0.39 is 35.8 Å². The van der Waals surface area contributed by atoms with Crippen molar-refractivity contribution in [3.63, 3.8) is 0 Å². The zero-order valence-electron chi connectivity index (χ0n) is 34.2. The van der Waals surface area contributed by atoms with E-state index >= 15 is 0 Å². The molecule has 17 nitrogen and oxygen atoms in total. The van der Waals surface area contributed by atoms with Crippen LogP contribution in [0.3, 0.4) is 0 Å². The van der Waals surface area contributed by atoms with Gasteiger partial charge in [0.2, 0.25) is 17.8 Å². The smallest absolute Gasteiger partial charge is 0.278 e. The van der Waals surface area contributed by atoms with Gasteiger partial charge in [0.15, 0.2) is 11.5 Å². The molecule has 5 aromatic rings. The predicted molar refractivity (Wildman–Crippen MR) is 227 cm³/mol. The van der Waals surface area contributed by atoms with Gasteiger partial charge in [0.1, 0.15) is 17.2 Å². The van der Waals surface area contributed by atoms with Crippen LogP contribution in [-0.2, 0) is 22.6 Å². The molecule has 316 valence electrons. The highest BCUT2D eigenvalue weighted by Gasteiger charge is 2.44. The van der Waals surface area contributed by atoms with Crippen LogP contribution in [0.15, 0.2) is 78.2 Å². The van der Waals surface area contributed by atoms with Gasteiger partial charge >= 0.3 is 0 Å². The number of carbonyl (C=O) groups is 4. The standard InChI is InChI=1S/C42H42N10O7.C2H6/c1-2-16-50-39(56)31-24-43-42(47-37(31)52(50)34-14-5-25-4-13-33(53)36(25)45-34)44-26-6-8-27(9-7-26)49-20-18-48(19-21-49)17-3-22-59-28-10-11-29-30(23-28)41(58)51(40(29)57)32-12-15-35(54)46-38(32)55;1-2/h2,5-11,14,23-24,32-33,53H,1,3-4,12-13,15-22H2,(H,43,44,47)(H,46,54,55);1-2H3. The number of aromatic nitrogens is 5. The van der Waals surface area contributed by atoms with Gasteiger partial charge in [-0.2, -0.15) is 4.98 Å². The van der Waals surface area contributed by atoms with Gasteiger partial charge in [-0.3, -0.25) is 39.1 Å². The maximum absolute atomic E-state index is 13.4. The number of benzene rings is 2. The number of aliphatic hydroxyl groups is 1. The topological polar surface area (TPSA) is 197 Å². The van der Waals surface area contributed by atoms with E-state index in [0.717, 1.165) is 67.4 Å². The number of pyridine rings is 1. The van der Waals surface area contributed by atoms with Crippen molar-refractivity contribution in [2.45, 2.75) is 64.6 Å². The van der Waals surface area contributed by atoms with Crippen LogP contribution in [0.25, 0.3) is 16.9 Å². The van der Waals surface area contributed by atoms with E-state index in [2.05, 4.69) is 44.1 Å². The number of nitrogens with one attached hydrogen (secondary N) is 2. The average Bonchev–Trinajstić information content (AvgIpc) is 3.87. The van der Waals surface area contributed by atoms with Gasteiger partial charge in [0.25, 0.3) is 17.4 Å². The van der Waals surface area contributed by atoms with Crippen molar-refractivity contribution in [3.05, 3.63) is 106 Å². The van der Waals surface area contributed by atoms with E-state index in [0.29, 0.717) is 47.3 Å². The van der Waals surface area contributed by atoms with Gasteiger partial charge in [-0.25, -0.2) is 19.3 Å². The molecule has 6 heterocycles. The van der Waals surface area contributed by atoms with E-state index in [4.69, 9.17) is 14.7 Å². The second kappa shape index (κ2) is 17.5. The molecule has 0 saturated carbocycles. The Bertz CT molecular complexity index is 2580. The van der Waals surface area contributed by atoms with Crippen LogP contribution in [0.2, 0.25) is 0 Å². The number of hydrogen-bond donors (Lipinski definition) is 3. The summed E-state index contributed by atoms with van der Waals surface area (Å²) in [5.41, 5.74) is 4.05. The highest BCUT2D eigenvalue weighted by molar-refractivity contribution is 6.23. The third-order valence-electron chi connectivity index (χ3n) is 11.4. The normalized spacial score (nSPS) is 18.7. The SMILES string of the molecule is C=CCn1c(=O)c2cnc(Nc3ccc(N4CCN(CCCOc5ccc6c(c5)C(=O)N(C5CCC(=O)NC5=O)C6=O)CC4)cc3)nc2n1-c1ccc2c(n1)C(O)CC2.CC. The molecule has 4 amide bonds. The van der Waals surface area contributed by atoms with Crippen LogP contribution in [0.1, 0.15) is 77.6 Å². The van der Waals surface area contributed by atoms with Crippen LogP contribution in [-0.4, -0.2) is 108 Å². The van der Waals surface area contributed by atoms with E-state index in [-0.39, 0.29) is 36.1 Å². The Labute approximate surface area is 351 Å². The molecule has 3 aliphatic heterocycles. The van der Waals surface area contributed by atoms with Crippen LogP contribution in [0.5, 0.6) is 5.75 Å². The molecule has 1 aliphatic carbocycles. The first-order valence-corrected chi connectivity index (χ1v) is 20.8. The number of ether oxygens (including phenoxy) is 1. The number of amides is 4. The van der Waals surface area contributed by atoms with Crippen molar-refractivity contribution in [1.29, 1.82) is 0 Å². The summed E-state index contributed by atoms with van der Waals surface area (Å²) in [5, 5.41) is 16.3. The lowest BCUT2D eigenvalue weighted by Gasteiger charge is -2.36. The van der Waals surface area contributed by atoms with Gasteiger partial charge in [-0.15, -0.1) is 6.58 Å². The lowest BCUT2D eigenvalue weighted by Crippen LogP contribution is -2.54. The van der Waals surface area contributed by atoms with Crippen molar-refractivity contribution in [3.8, 4) is 11.6 Å². The zero-order chi connectivity index (χ0) is 42.8. The molecule has 2 atom stereocenters. The fourth-order valence-corrected chi connectivity index (χ4v) is 8.28. The first kappa shape index (κ1) is 41.0. The van der Waals surface area contributed by atoms with Crippen LogP contribution >= 0.6 is 0 Å². The fourth-order valence-electron chi connectivity index (χ4n) is 8.28. The summed E-state index contributed by atoms with van der Waals surface area (Å²) in [5.74, 6) is -0.875. The molecule has 0 bridgehead atoms. The Kier molecular flexibility index (Phi) is 11.8. The van der Waals surface area contributed by atoms with Crippen molar-refractivity contribution >= 4 is 52.0 Å². The summed E-state index contributed by atoms with van der Waals surface area (Å²) in [6, 6.07) is 15.6. The second-order valence-corrected chi connectivity index (χ2v) is 15.0. The summed E-state index contributed by atoms with van der Waals surface area (Å²) < 4.78 is 9.14. The Morgan fingerprint density at radius 1 is 0.918 bits per heavy atom. The number of piperazine rings is 1. The lowest BCUT2D eigenvalue weighted by molar-refractivity contribution is -0.136. The molecular formula is C44H48N10O7. The Hall–Kier alpha value is -6.72. The summed E-state index contributed by atoms with van der Waals surface area (Å²) in [7, 11) is 0. The van der Waals surface area contributed by atoms with Gasteiger partial charge < -0.3 is 20.1 Å². The maximum Gasteiger partial charge on any atom is 0.278 e. The van der Waals surface area contributed by atoms with Crippen molar-refractivity contribution in [1.82, 2.24) is 39.4 Å². The van der Waals surface area contributed by atoms with E-state index in [1.54, 1.807) is 29.0 Å². The van der Waals surface area contributed by atoms with Crippen LogP contribution in [0.4, 0.5) is 17.3 Å². The lowest BCUT2D eigenvalue weighted by atomic mass is 10.0. The zero-order valence-corrected chi connectivity index (χ0v) is 34.2. The second-order valence-electron chi connectivity index (χ2n) is 15.0. The molecule has 2 unspecified atom stereocenters. The summed E-state index contributed by atoms with van der Waals surface area (Å²) in [6.07, 6.45) is 4.83. The molecule has 3 N–H and O–H groups in total. The molecule has 2 aromatic carbocycles. The molecule has 3 aromatic heterocycles. The average molecular weight is 829 g/mol. The van der Waals surface area contributed by atoms with E-state index in [1.165, 1.54) is 10.9 Å². The Balaban J connectivity index is 0.00000253. The molecule has 2 fully saturated rings. The molecule has 4 aliphatic rings. The number of anilines is 3. The highest BCUT2D eigenvalue weighted by atomic mass is 16.5. The number of hydrogen-bond acceptors (Lipinski definition) is 13. The summed E-state index contributed by atoms with van der Waals surface area (Å²) >= 11 is 0. The fraction of sp³-hybridized carbons (Fsp3) is 0.364. The van der Waals surface area contributed by atoms with E-state index in [1.807, 2.05) is 38.1 Å². The number of aryl methyl sites for hydroxylation is 1. The minimum Gasteiger partial charge on any atom is -0.494 e. The molecular weight excluding hydrogens is 781 g/mol. The molecule has 9 rings (SSSR count). The number of imide groups is 2. The van der Waals surface area contributed by atoms with Gasteiger partial charge in [0, 0.05) is 56.7 Å². The number of rotatable bonds is 12. The molecule has 0 radical (unpaired) electrons. The largest absolute Gasteiger partial charge is 0.494 e. The van der Waals surface area contributed by atoms with Crippen molar-refractivity contribution in [2.75, 3.05) is 49.5 Å². The van der Waals surface area contributed by atoms with E-state index in [9.17, 15) is 29.1 Å². The molecule has 2 saturated heterocycles. The van der Waals surface area contributed by atoms with Crippen LogP contribution < -0.4 is 25.8 Å². The number of carbonyl (C=O) groups excluding carboxylic acids is 4. The quantitative estimate of drug-likeness (QED) is 0.0932. The van der Waals surface area contributed by atoms with Gasteiger partial charge in [-0.1, -0.05) is 26.0 Å². The van der Waals surface area contributed by atoms with Crippen molar-refractivity contribution < 1.29 is 29.0 Å². The number of aliphatic hydroxyl groups excluding tert-OH is 1. The predicted octanol–water partition coefficient (Wildman–Crippen LogP) is 3.90. The number of piperidine rings is 1. The highest BCUT2D eigenvalue weighted by Crippen LogP contribution is 2.32. The third kappa shape index (κ3) is 8.01. The molecule has 17 heteroatoms. The minimum atomic E-state index is -1.01. The molecule has 61 heavy (non-hydrogen) atoms. The number of allylic oxidation sites excluding steroid dienone is 1.